The number of hydrogen-bond acceptors (Lipinski definition) is 4. The molecule has 7 nitrogen and oxygen atoms in total. The highest BCUT2D eigenvalue weighted by Crippen LogP contribution is 2.29. The Hall–Kier alpha value is -1.77. The summed E-state index contributed by atoms with van der Waals surface area (Å²) in [4.78, 5) is 27.1. The molecule has 30 heavy (non-hydrogen) atoms. The van der Waals surface area contributed by atoms with Crippen LogP contribution >= 0.6 is 23.2 Å². The van der Waals surface area contributed by atoms with E-state index in [4.69, 9.17) is 23.2 Å². The van der Waals surface area contributed by atoms with E-state index < -0.39 is 22.0 Å². The maximum Gasteiger partial charge on any atom is 0.264 e. The second kappa shape index (κ2) is 10.0. The Balaban J connectivity index is 1.82. The Bertz CT molecular complexity index is 926. The first-order valence-electron chi connectivity index (χ1n) is 10.0. The molecule has 2 heterocycles. The molecule has 1 fully saturated rings. The molecule has 1 aromatic carbocycles. The Kier molecular flexibility index (Phi) is 7.65. The lowest BCUT2D eigenvalue weighted by Crippen LogP contribution is -2.51. The second-order valence-electron chi connectivity index (χ2n) is 7.46. The molecule has 3 rings (SSSR count). The lowest BCUT2D eigenvalue weighted by molar-refractivity contribution is -0.135. The molecule has 2 aliphatic rings. The molecular weight excluding hydrogens is 449 g/mol. The maximum absolute atomic E-state index is 13.2. The average Bonchev–Trinajstić information content (AvgIpc) is 2.85. The third-order valence-electron chi connectivity index (χ3n) is 5.35. The summed E-state index contributed by atoms with van der Waals surface area (Å²) in [6.07, 6.45) is 8.55. The molecule has 0 saturated carbocycles. The standard InChI is InChI=1S/C20H25Cl2N3O4S/c21-16-8-7-15(13-17(16)22)30(28,29)25-12-9-23-20(27)18(25)14-19(26)24-10-5-3-1-2-4-6-11-24/h7-9,12-13,18H,1-6,10-11,14H2,(H,23,27)/t18-/m1/s1. The molecule has 1 saturated heterocycles. The van der Waals surface area contributed by atoms with Crippen LogP contribution in [0.5, 0.6) is 0 Å². The van der Waals surface area contributed by atoms with Crippen LogP contribution < -0.4 is 5.32 Å². The van der Waals surface area contributed by atoms with Gasteiger partial charge in [0.15, 0.2) is 0 Å². The summed E-state index contributed by atoms with van der Waals surface area (Å²) in [6, 6.07) is 2.77. The van der Waals surface area contributed by atoms with E-state index in [9.17, 15) is 18.0 Å². The summed E-state index contributed by atoms with van der Waals surface area (Å²) in [7, 11) is -4.11. The molecule has 10 heteroatoms. The monoisotopic (exact) mass is 473 g/mol. The zero-order valence-electron chi connectivity index (χ0n) is 16.5. The number of benzene rings is 1. The van der Waals surface area contributed by atoms with E-state index in [1.807, 2.05) is 0 Å². The molecule has 2 amide bonds. The van der Waals surface area contributed by atoms with Gasteiger partial charge in [0.05, 0.1) is 21.4 Å². The van der Waals surface area contributed by atoms with E-state index in [2.05, 4.69) is 5.32 Å². The van der Waals surface area contributed by atoms with Gasteiger partial charge >= 0.3 is 0 Å². The Morgan fingerprint density at radius 2 is 1.67 bits per heavy atom. The fourth-order valence-electron chi connectivity index (χ4n) is 3.67. The summed E-state index contributed by atoms with van der Waals surface area (Å²) in [5.74, 6) is -0.763. The Morgan fingerprint density at radius 3 is 2.30 bits per heavy atom. The van der Waals surface area contributed by atoms with Gasteiger partial charge < -0.3 is 10.2 Å². The summed E-state index contributed by atoms with van der Waals surface area (Å²) in [5.41, 5.74) is 0. The first kappa shape index (κ1) is 22.9. The van der Waals surface area contributed by atoms with Gasteiger partial charge in [-0.05, 0) is 31.0 Å². The van der Waals surface area contributed by atoms with Gasteiger partial charge in [-0.2, -0.15) is 0 Å². The van der Waals surface area contributed by atoms with E-state index in [0.29, 0.717) is 13.1 Å². The second-order valence-corrected chi connectivity index (χ2v) is 10.1. The van der Waals surface area contributed by atoms with Crippen LogP contribution in [0.15, 0.2) is 35.5 Å². The largest absolute Gasteiger partial charge is 0.343 e. The predicted molar refractivity (Wildman–Crippen MR) is 115 cm³/mol. The normalized spacial score (nSPS) is 20.9. The molecule has 1 N–H and O–H groups in total. The molecule has 0 spiro atoms. The van der Waals surface area contributed by atoms with E-state index >= 15 is 0 Å². The topological polar surface area (TPSA) is 86.8 Å². The minimum Gasteiger partial charge on any atom is -0.343 e. The summed E-state index contributed by atoms with van der Waals surface area (Å²) in [6.45, 7) is 1.26. The third-order valence-corrected chi connectivity index (χ3v) is 7.87. The van der Waals surface area contributed by atoms with Crippen LogP contribution in [0.2, 0.25) is 10.0 Å². The van der Waals surface area contributed by atoms with E-state index in [0.717, 1.165) is 42.8 Å². The van der Waals surface area contributed by atoms with Gasteiger partial charge in [0.1, 0.15) is 6.04 Å². The van der Waals surface area contributed by atoms with E-state index in [1.165, 1.54) is 30.6 Å². The molecule has 0 unspecified atom stereocenters. The maximum atomic E-state index is 13.2. The van der Waals surface area contributed by atoms with Gasteiger partial charge in [0, 0.05) is 25.5 Å². The zero-order chi connectivity index (χ0) is 21.7. The van der Waals surface area contributed by atoms with Crippen LogP contribution in [-0.4, -0.2) is 48.6 Å². The molecule has 2 aliphatic heterocycles. The summed E-state index contributed by atoms with van der Waals surface area (Å²) < 4.78 is 27.3. The lowest BCUT2D eigenvalue weighted by Gasteiger charge is -2.32. The number of hydrogen-bond donors (Lipinski definition) is 1. The van der Waals surface area contributed by atoms with Crippen molar-refractivity contribution in [3.63, 3.8) is 0 Å². The molecule has 164 valence electrons. The number of amides is 2. The average molecular weight is 474 g/mol. The minimum absolute atomic E-state index is 0.0903. The number of halogens is 2. The molecule has 0 radical (unpaired) electrons. The highest BCUT2D eigenvalue weighted by molar-refractivity contribution is 7.89. The number of rotatable bonds is 4. The van der Waals surface area contributed by atoms with Crippen molar-refractivity contribution in [1.82, 2.24) is 14.5 Å². The first-order valence-corrected chi connectivity index (χ1v) is 12.2. The predicted octanol–water partition coefficient (Wildman–Crippen LogP) is 3.53. The van der Waals surface area contributed by atoms with Crippen LogP contribution in [-0.2, 0) is 19.6 Å². The van der Waals surface area contributed by atoms with Crippen LogP contribution in [0.4, 0.5) is 0 Å². The minimum atomic E-state index is -4.11. The third kappa shape index (κ3) is 5.28. The van der Waals surface area contributed by atoms with Crippen molar-refractivity contribution in [3.8, 4) is 0 Å². The van der Waals surface area contributed by atoms with Crippen molar-refractivity contribution in [2.24, 2.45) is 0 Å². The van der Waals surface area contributed by atoms with Crippen LogP contribution in [0, 0.1) is 0 Å². The van der Waals surface area contributed by atoms with E-state index in [1.54, 1.807) is 4.90 Å². The smallest absolute Gasteiger partial charge is 0.264 e. The molecule has 0 bridgehead atoms. The van der Waals surface area contributed by atoms with Gasteiger partial charge in [-0.15, -0.1) is 0 Å². The van der Waals surface area contributed by atoms with E-state index in [-0.39, 0.29) is 27.3 Å². The van der Waals surface area contributed by atoms with Crippen molar-refractivity contribution in [2.45, 2.75) is 55.9 Å². The summed E-state index contributed by atoms with van der Waals surface area (Å²) >= 11 is 11.9. The Labute approximate surface area is 187 Å². The fourth-order valence-corrected chi connectivity index (χ4v) is 5.51. The first-order chi connectivity index (χ1) is 14.3. The quantitative estimate of drug-likeness (QED) is 0.724. The number of carbonyl (C=O) groups is 2. The number of carbonyl (C=O) groups excluding carboxylic acids is 2. The lowest BCUT2D eigenvalue weighted by atomic mass is 10.1. The summed E-state index contributed by atoms with van der Waals surface area (Å²) in [5, 5.41) is 2.82. The molecule has 0 aromatic heterocycles. The van der Waals surface area contributed by atoms with Gasteiger partial charge in [0.25, 0.3) is 10.0 Å². The van der Waals surface area contributed by atoms with Crippen LogP contribution in [0.3, 0.4) is 0 Å². The fraction of sp³-hybridized carbons (Fsp3) is 0.500. The van der Waals surface area contributed by atoms with Crippen molar-refractivity contribution in [2.75, 3.05) is 13.1 Å². The van der Waals surface area contributed by atoms with Crippen molar-refractivity contribution in [3.05, 3.63) is 40.6 Å². The zero-order valence-corrected chi connectivity index (χ0v) is 18.8. The molecule has 1 atom stereocenters. The van der Waals surface area contributed by atoms with Gasteiger partial charge in [-0.1, -0.05) is 48.9 Å². The van der Waals surface area contributed by atoms with Crippen LogP contribution in [0.1, 0.15) is 44.9 Å². The van der Waals surface area contributed by atoms with Crippen molar-refractivity contribution >= 4 is 45.0 Å². The number of nitrogens with one attached hydrogen (secondary N) is 1. The van der Waals surface area contributed by atoms with Crippen LogP contribution in [0.25, 0.3) is 0 Å². The highest BCUT2D eigenvalue weighted by Gasteiger charge is 2.38. The van der Waals surface area contributed by atoms with Crippen molar-refractivity contribution < 1.29 is 18.0 Å². The highest BCUT2D eigenvalue weighted by atomic mass is 35.5. The Morgan fingerprint density at radius 1 is 1.03 bits per heavy atom. The van der Waals surface area contributed by atoms with Gasteiger partial charge in [0.2, 0.25) is 11.8 Å². The number of sulfonamides is 1. The van der Waals surface area contributed by atoms with Crippen molar-refractivity contribution in [1.29, 1.82) is 0 Å². The molecular formula is C20H25Cl2N3O4S. The number of nitrogens with zero attached hydrogens (tertiary/aromatic N) is 2. The molecule has 0 aliphatic carbocycles. The van der Waals surface area contributed by atoms with Gasteiger partial charge in [-0.3, -0.25) is 13.9 Å². The molecule has 1 aromatic rings. The van der Waals surface area contributed by atoms with Gasteiger partial charge in [-0.25, -0.2) is 8.42 Å². The SMILES string of the molecule is O=C1NC=CN(S(=O)(=O)c2ccc(Cl)c(Cl)c2)[C@@H]1CC(=O)N1CCCCCCCC1.